The van der Waals surface area contributed by atoms with Crippen LogP contribution in [0.3, 0.4) is 0 Å². The molecule has 1 nitrogen and oxygen atoms in total. The minimum Gasteiger partial charge on any atom is -0.389 e. The summed E-state index contributed by atoms with van der Waals surface area (Å²) in [5.41, 5.74) is 2.30. The van der Waals surface area contributed by atoms with E-state index in [-0.39, 0.29) is 5.82 Å². The summed E-state index contributed by atoms with van der Waals surface area (Å²) < 4.78 is 13.4. The van der Waals surface area contributed by atoms with Gasteiger partial charge in [-0.05, 0) is 43.0 Å². The molecule has 0 aliphatic heterocycles. The van der Waals surface area contributed by atoms with Crippen molar-refractivity contribution in [2.45, 2.75) is 33.3 Å². The second-order valence-electron chi connectivity index (χ2n) is 3.33. The summed E-state index contributed by atoms with van der Waals surface area (Å²) in [5, 5.41) is 9.27. The highest BCUT2D eigenvalue weighted by atomic mass is 19.1. The zero-order valence-electron chi connectivity index (χ0n) is 8.26. The van der Waals surface area contributed by atoms with Crippen molar-refractivity contribution >= 4 is 0 Å². The third-order valence-electron chi connectivity index (χ3n) is 2.28. The number of aliphatic hydroxyl groups excluding tert-OH is 1. The van der Waals surface area contributed by atoms with Gasteiger partial charge in [0.05, 0.1) is 6.10 Å². The van der Waals surface area contributed by atoms with Crippen LogP contribution in [0.15, 0.2) is 12.1 Å². The van der Waals surface area contributed by atoms with Crippen molar-refractivity contribution in [3.05, 3.63) is 34.6 Å². The first-order chi connectivity index (χ1) is 6.06. The van der Waals surface area contributed by atoms with Crippen molar-refractivity contribution in [3.63, 3.8) is 0 Å². The van der Waals surface area contributed by atoms with Gasteiger partial charge in [-0.25, -0.2) is 4.39 Å². The van der Waals surface area contributed by atoms with Crippen LogP contribution in [0.1, 0.15) is 36.6 Å². The van der Waals surface area contributed by atoms with E-state index in [0.717, 1.165) is 11.1 Å². The number of rotatable bonds is 2. The molecule has 2 heteroatoms. The molecule has 1 rings (SSSR count). The van der Waals surface area contributed by atoms with E-state index in [4.69, 9.17) is 0 Å². The number of benzene rings is 1. The molecule has 1 aromatic rings. The maximum atomic E-state index is 13.4. The fourth-order valence-corrected chi connectivity index (χ4v) is 1.49. The average molecular weight is 182 g/mol. The molecular weight excluding hydrogens is 167 g/mol. The van der Waals surface area contributed by atoms with Crippen LogP contribution in [0.5, 0.6) is 0 Å². The molecule has 0 aliphatic carbocycles. The third-order valence-corrected chi connectivity index (χ3v) is 2.28. The van der Waals surface area contributed by atoms with Gasteiger partial charge in [0.15, 0.2) is 0 Å². The first-order valence-corrected chi connectivity index (χ1v) is 4.53. The van der Waals surface area contributed by atoms with E-state index in [1.807, 2.05) is 19.9 Å². The summed E-state index contributed by atoms with van der Waals surface area (Å²) in [4.78, 5) is 0. The monoisotopic (exact) mass is 182 g/mol. The van der Waals surface area contributed by atoms with Gasteiger partial charge in [-0.1, -0.05) is 13.0 Å². The Bertz CT molecular complexity index is 282. The number of hydrogen-bond donors (Lipinski definition) is 1. The van der Waals surface area contributed by atoms with Gasteiger partial charge in [-0.2, -0.15) is 0 Å². The summed E-state index contributed by atoms with van der Waals surface area (Å²) in [6.45, 7) is 5.43. The highest BCUT2D eigenvalue weighted by molar-refractivity contribution is 5.33. The number of aryl methyl sites for hydroxylation is 1. The van der Waals surface area contributed by atoms with E-state index in [1.165, 1.54) is 6.07 Å². The van der Waals surface area contributed by atoms with Crippen molar-refractivity contribution in [2.24, 2.45) is 0 Å². The summed E-state index contributed by atoms with van der Waals surface area (Å²) in [5.74, 6) is -0.210. The molecule has 0 amide bonds. The maximum absolute atomic E-state index is 13.4. The SMILES string of the molecule is CCc1c(C)cc(C(C)O)cc1F. The lowest BCUT2D eigenvalue weighted by atomic mass is 10.0. The lowest BCUT2D eigenvalue weighted by molar-refractivity contribution is 0.198. The highest BCUT2D eigenvalue weighted by Crippen LogP contribution is 2.20. The van der Waals surface area contributed by atoms with E-state index < -0.39 is 6.10 Å². The van der Waals surface area contributed by atoms with Gasteiger partial charge in [0.25, 0.3) is 0 Å². The zero-order chi connectivity index (χ0) is 10.0. The lowest BCUT2D eigenvalue weighted by Crippen LogP contribution is -1.98. The third kappa shape index (κ3) is 2.07. The van der Waals surface area contributed by atoms with Gasteiger partial charge in [0.2, 0.25) is 0 Å². The Morgan fingerprint density at radius 3 is 2.46 bits per heavy atom. The van der Waals surface area contributed by atoms with Crippen molar-refractivity contribution in [1.29, 1.82) is 0 Å². The minimum atomic E-state index is -0.598. The van der Waals surface area contributed by atoms with Crippen LogP contribution in [-0.2, 0) is 6.42 Å². The normalized spacial score (nSPS) is 13.0. The topological polar surface area (TPSA) is 20.2 Å². The largest absolute Gasteiger partial charge is 0.389 e. The fourth-order valence-electron chi connectivity index (χ4n) is 1.49. The molecule has 1 unspecified atom stereocenters. The predicted molar refractivity (Wildman–Crippen MR) is 51.1 cm³/mol. The van der Waals surface area contributed by atoms with Crippen molar-refractivity contribution in [3.8, 4) is 0 Å². The molecule has 0 spiro atoms. The molecule has 1 aromatic carbocycles. The molecule has 0 saturated heterocycles. The van der Waals surface area contributed by atoms with Crippen LogP contribution < -0.4 is 0 Å². The zero-order valence-corrected chi connectivity index (χ0v) is 8.26. The summed E-state index contributed by atoms with van der Waals surface area (Å²) >= 11 is 0. The molecule has 13 heavy (non-hydrogen) atoms. The molecule has 1 N–H and O–H groups in total. The Morgan fingerprint density at radius 1 is 1.46 bits per heavy atom. The van der Waals surface area contributed by atoms with Crippen LogP contribution in [0.4, 0.5) is 4.39 Å². The lowest BCUT2D eigenvalue weighted by Gasteiger charge is -2.10. The summed E-state index contributed by atoms with van der Waals surface area (Å²) in [7, 11) is 0. The second-order valence-corrected chi connectivity index (χ2v) is 3.33. The van der Waals surface area contributed by atoms with E-state index in [1.54, 1.807) is 6.92 Å². The van der Waals surface area contributed by atoms with E-state index in [0.29, 0.717) is 12.0 Å². The number of halogens is 1. The second kappa shape index (κ2) is 3.88. The minimum absolute atomic E-state index is 0.210. The molecule has 0 saturated carbocycles. The Labute approximate surface area is 78.2 Å². The average Bonchev–Trinajstić information content (AvgIpc) is 2.03. The number of aliphatic hydroxyl groups is 1. The number of hydrogen-bond acceptors (Lipinski definition) is 1. The molecular formula is C11H15FO. The molecule has 0 bridgehead atoms. The smallest absolute Gasteiger partial charge is 0.127 e. The van der Waals surface area contributed by atoms with E-state index in [2.05, 4.69) is 0 Å². The Hall–Kier alpha value is -0.890. The molecule has 0 aliphatic rings. The van der Waals surface area contributed by atoms with E-state index in [9.17, 15) is 9.50 Å². The van der Waals surface area contributed by atoms with Gasteiger partial charge >= 0.3 is 0 Å². The molecule has 0 aromatic heterocycles. The van der Waals surface area contributed by atoms with Gasteiger partial charge in [-0.3, -0.25) is 0 Å². The maximum Gasteiger partial charge on any atom is 0.127 e. The summed E-state index contributed by atoms with van der Waals surface area (Å²) in [6, 6.07) is 3.25. The summed E-state index contributed by atoms with van der Waals surface area (Å²) in [6.07, 6.45) is 0.0942. The van der Waals surface area contributed by atoms with Crippen molar-refractivity contribution < 1.29 is 9.50 Å². The van der Waals surface area contributed by atoms with Crippen LogP contribution in [0.2, 0.25) is 0 Å². The molecule has 0 radical (unpaired) electrons. The highest BCUT2D eigenvalue weighted by Gasteiger charge is 2.08. The van der Waals surface area contributed by atoms with Crippen LogP contribution in [0.25, 0.3) is 0 Å². The Balaban J connectivity index is 3.20. The quantitative estimate of drug-likeness (QED) is 0.745. The van der Waals surface area contributed by atoms with E-state index >= 15 is 0 Å². The van der Waals surface area contributed by atoms with Crippen molar-refractivity contribution in [1.82, 2.24) is 0 Å². The Morgan fingerprint density at radius 2 is 2.08 bits per heavy atom. The first kappa shape index (κ1) is 10.2. The van der Waals surface area contributed by atoms with Crippen LogP contribution >= 0.6 is 0 Å². The van der Waals surface area contributed by atoms with Crippen LogP contribution in [0, 0.1) is 12.7 Å². The molecule has 72 valence electrons. The van der Waals surface area contributed by atoms with Gasteiger partial charge in [-0.15, -0.1) is 0 Å². The predicted octanol–water partition coefficient (Wildman–Crippen LogP) is 2.75. The van der Waals surface area contributed by atoms with Crippen LogP contribution in [-0.4, -0.2) is 5.11 Å². The van der Waals surface area contributed by atoms with Crippen molar-refractivity contribution in [2.75, 3.05) is 0 Å². The van der Waals surface area contributed by atoms with Gasteiger partial charge in [0.1, 0.15) is 5.82 Å². The molecule has 1 atom stereocenters. The fraction of sp³-hybridized carbons (Fsp3) is 0.455. The van der Waals surface area contributed by atoms with Gasteiger partial charge in [0, 0.05) is 0 Å². The standard InChI is InChI=1S/C11H15FO/c1-4-10-7(2)5-9(8(3)13)6-11(10)12/h5-6,8,13H,4H2,1-3H3. The Kier molecular flexibility index (Phi) is 3.04. The molecule has 0 heterocycles. The first-order valence-electron chi connectivity index (χ1n) is 4.53. The van der Waals surface area contributed by atoms with Gasteiger partial charge < -0.3 is 5.11 Å². The molecule has 0 fully saturated rings.